The summed E-state index contributed by atoms with van der Waals surface area (Å²) in [5.74, 6) is -0.912. The molecule has 0 amide bonds. The fraction of sp³-hybridized carbons (Fsp3) is 0.158. The third-order valence-corrected chi connectivity index (χ3v) is 4.11. The zero-order chi connectivity index (χ0) is 21.3. The predicted molar refractivity (Wildman–Crippen MR) is 103 cm³/mol. The molecule has 0 saturated carbocycles. The number of benzene rings is 1. The van der Waals surface area contributed by atoms with Crippen LogP contribution in [0, 0.1) is 11.6 Å². The molecule has 3 heterocycles. The normalized spacial score (nSPS) is 11.5. The van der Waals surface area contributed by atoms with Crippen LogP contribution in [0.1, 0.15) is 19.7 Å². The van der Waals surface area contributed by atoms with Gasteiger partial charge in [-0.3, -0.25) is 10.3 Å². The van der Waals surface area contributed by atoms with Crippen molar-refractivity contribution in [2.45, 2.75) is 19.4 Å². The lowest BCUT2D eigenvalue weighted by molar-refractivity contribution is 0.0692. The first-order valence-electron chi connectivity index (χ1n) is 8.84. The third kappa shape index (κ3) is 3.82. The zero-order valence-corrected chi connectivity index (χ0v) is 15.9. The standard InChI is InChI=1S/C19H16F2N8O/c1-19(2,30)16-24-18(29-27-16)25-17-23-14(10-5-3-4-6-12(10)20)15(26-28-17)11-7-8-22-9-13(11)21/h3-9,30H,1-2H3,(H2,23,24,25,27,28,29). The van der Waals surface area contributed by atoms with Gasteiger partial charge in [0.1, 0.15) is 22.8 Å². The highest BCUT2D eigenvalue weighted by molar-refractivity contribution is 5.78. The number of aliphatic hydroxyl groups is 1. The average Bonchev–Trinajstić information content (AvgIpc) is 3.18. The summed E-state index contributed by atoms with van der Waals surface area (Å²) in [6.07, 6.45) is 2.42. The van der Waals surface area contributed by atoms with E-state index in [2.05, 4.69) is 40.7 Å². The number of nitrogens with one attached hydrogen (secondary N) is 2. The first-order valence-corrected chi connectivity index (χ1v) is 8.84. The molecule has 0 aliphatic rings. The molecule has 152 valence electrons. The van der Waals surface area contributed by atoms with E-state index >= 15 is 0 Å². The molecule has 4 rings (SSSR count). The molecule has 0 aliphatic carbocycles. The van der Waals surface area contributed by atoms with Crippen LogP contribution in [0.25, 0.3) is 22.5 Å². The number of halogens is 2. The molecule has 1 aromatic carbocycles. The minimum Gasteiger partial charge on any atom is -0.382 e. The molecule has 0 atom stereocenters. The number of H-pyrrole nitrogens is 1. The molecular formula is C19H16F2N8O. The molecule has 11 heteroatoms. The van der Waals surface area contributed by atoms with Crippen LogP contribution in [0.3, 0.4) is 0 Å². The van der Waals surface area contributed by atoms with Crippen LogP contribution < -0.4 is 5.32 Å². The second-order valence-corrected chi connectivity index (χ2v) is 6.86. The summed E-state index contributed by atoms with van der Waals surface area (Å²) in [5.41, 5.74) is -0.912. The van der Waals surface area contributed by atoms with Gasteiger partial charge in [0.15, 0.2) is 11.6 Å². The zero-order valence-electron chi connectivity index (χ0n) is 15.9. The molecule has 0 radical (unpaired) electrons. The fourth-order valence-electron chi connectivity index (χ4n) is 2.67. The largest absolute Gasteiger partial charge is 0.382 e. The minimum absolute atomic E-state index is 0.0232. The fourth-order valence-corrected chi connectivity index (χ4v) is 2.67. The first-order chi connectivity index (χ1) is 14.3. The summed E-state index contributed by atoms with van der Waals surface area (Å²) < 4.78 is 28.8. The van der Waals surface area contributed by atoms with E-state index in [1.54, 1.807) is 6.07 Å². The number of aromatic nitrogens is 7. The molecule has 0 spiro atoms. The van der Waals surface area contributed by atoms with E-state index in [-0.39, 0.29) is 40.2 Å². The van der Waals surface area contributed by atoms with E-state index in [0.717, 1.165) is 6.20 Å². The molecule has 4 aromatic rings. The maximum absolute atomic E-state index is 14.5. The molecule has 3 aromatic heterocycles. The number of hydrogen-bond acceptors (Lipinski definition) is 8. The smallest absolute Gasteiger partial charge is 0.250 e. The highest BCUT2D eigenvalue weighted by atomic mass is 19.1. The lowest BCUT2D eigenvalue weighted by atomic mass is 10.0. The summed E-state index contributed by atoms with van der Waals surface area (Å²) in [5, 5.41) is 27.3. The van der Waals surface area contributed by atoms with Gasteiger partial charge in [0.2, 0.25) is 11.9 Å². The quantitative estimate of drug-likeness (QED) is 0.459. The molecule has 0 fully saturated rings. The van der Waals surface area contributed by atoms with Gasteiger partial charge >= 0.3 is 0 Å². The molecule has 9 nitrogen and oxygen atoms in total. The highest BCUT2D eigenvalue weighted by Crippen LogP contribution is 2.32. The second kappa shape index (κ2) is 7.52. The molecule has 0 aliphatic heterocycles. The van der Waals surface area contributed by atoms with E-state index < -0.39 is 17.2 Å². The molecule has 0 bridgehead atoms. The number of pyridine rings is 1. The van der Waals surface area contributed by atoms with Crippen molar-refractivity contribution in [3.63, 3.8) is 0 Å². The van der Waals surface area contributed by atoms with Crippen molar-refractivity contribution in [3.8, 4) is 22.5 Å². The van der Waals surface area contributed by atoms with Crippen molar-refractivity contribution in [2.75, 3.05) is 5.32 Å². The van der Waals surface area contributed by atoms with Crippen molar-refractivity contribution >= 4 is 11.9 Å². The maximum Gasteiger partial charge on any atom is 0.250 e. The van der Waals surface area contributed by atoms with E-state index in [1.165, 1.54) is 44.3 Å². The summed E-state index contributed by atoms with van der Waals surface area (Å²) in [6, 6.07) is 7.35. The third-order valence-electron chi connectivity index (χ3n) is 4.11. The van der Waals surface area contributed by atoms with Crippen molar-refractivity contribution in [2.24, 2.45) is 0 Å². The van der Waals surface area contributed by atoms with Gasteiger partial charge in [0.05, 0.1) is 6.20 Å². The van der Waals surface area contributed by atoms with Crippen molar-refractivity contribution < 1.29 is 13.9 Å². The van der Waals surface area contributed by atoms with Crippen molar-refractivity contribution in [1.82, 2.24) is 35.3 Å². The monoisotopic (exact) mass is 410 g/mol. The Labute approximate surface area is 169 Å². The van der Waals surface area contributed by atoms with Gasteiger partial charge in [-0.15, -0.1) is 10.2 Å². The number of nitrogens with zero attached hydrogens (tertiary/aromatic N) is 6. The average molecular weight is 410 g/mol. The van der Waals surface area contributed by atoms with Crippen LogP contribution in [0.2, 0.25) is 0 Å². The van der Waals surface area contributed by atoms with Crippen LogP contribution in [0.15, 0.2) is 42.7 Å². The van der Waals surface area contributed by atoms with Gasteiger partial charge < -0.3 is 5.11 Å². The Bertz CT molecular complexity index is 1210. The molecule has 0 saturated heterocycles. The van der Waals surface area contributed by atoms with Gasteiger partial charge in [0, 0.05) is 17.3 Å². The summed E-state index contributed by atoms with van der Waals surface area (Å²) in [7, 11) is 0. The maximum atomic E-state index is 14.5. The Morgan fingerprint density at radius 2 is 1.73 bits per heavy atom. The summed E-state index contributed by atoms with van der Waals surface area (Å²) in [4.78, 5) is 12.2. The topological polar surface area (TPSA) is 125 Å². The van der Waals surface area contributed by atoms with Crippen molar-refractivity contribution in [1.29, 1.82) is 0 Å². The lowest BCUT2D eigenvalue weighted by Crippen LogP contribution is -2.17. The van der Waals surface area contributed by atoms with Crippen LogP contribution in [0.5, 0.6) is 0 Å². The van der Waals surface area contributed by atoms with Gasteiger partial charge in [-0.25, -0.2) is 18.9 Å². The van der Waals surface area contributed by atoms with Crippen LogP contribution in [-0.4, -0.2) is 40.5 Å². The number of aromatic amines is 1. The Morgan fingerprint density at radius 1 is 0.967 bits per heavy atom. The Hall–Kier alpha value is -3.86. The number of hydrogen-bond donors (Lipinski definition) is 3. The van der Waals surface area contributed by atoms with Crippen LogP contribution >= 0.6 is 0 Å². The molecule has 0 unspecified atom stereocenters. The van der Waals surface area contributed by atoms with E-state index in [0.29, 0.717) is 0 Å². The van der Waals surface area contributed by atoms with Gasteiger partial charge in [-0.1, -0.05) is 12.1 Å². The highest BCUT2D eigenvalue weighted by Gasteiger charge is 2.23. The Kier molecular flexibility index (Phi) is 4.88. The number of rotatable bonds is 5. The predicted octanol–water partition coefficient (Wildman–Crippen LogP) is 2.97. The Balaban J connectivity index is 1.80. The Morgan fingerprint density at radius 3 is 2.43 bits per heavy atom. The number of anilines is 2. The first kappa shape index (κ1) is 19.5. The molecule has 30 heavy (non-hydrogen) atoms. The van der Waals surface area contributed by atoms with E-state index in [1.807, 2.05) is 0 Å². The van der Waals surface area contributed by atoms with E-state index in [9.17, 15) is 13.9 Å². The van der Waals surface area contributed by atoms with Gasteiger partial charge in [-0.05, 0) is 32.0 Å². The van der Waals surface area contributed by atoms with Gasteiger partial charge in [0.25, 0.3) is 0 Å². The minimum atomic E-state index is -1.25. The van der Waals surface area contributed by atoms with Crippen molar-refractivity contribution in [3.05, 3.63) is 60.2 Å². The molecule has 3 N–H and O–H groups in total. The summed E-state index contributed by atoms with van der Waals surface area (Å²) in [6.45, 7) is 3.07. The SMILES string of the molecule is CC(C)(O)c1n[nH]c(Nc2nnc(-c3ccncc3F)c(-c3ccccc3F)n2)n1. The van der Waals surface area contributed by atoms with Crippen LogP contribution in [0.4, 0.5) is 20.7 Å². The van der Waals surface area contributed by atoms with Crippen LogP contribution in [-0.2, 0) is 5.60 Å². The lowest BCUT2D eigenvalue weighted by Gasteiger charge is -2.11. The van der Waals surface area contributed by atoms with Gasteiger partial charge in [-0.2, -0.15) is 10.1 Å². The van der Waals surface area contributed by atoms with E-state index in [4.69, 9.17) is 0 Å². The summed E-state index contributed by atoms with van der Waals surface area (Å²) >= 11 is 0. The molecular weight excluding hydrogens is 394 g/mol. The second-order valence-electron chi connectivity index (χ2n) is 6.86.